The van der Waals surface area contributed by atoms with E-state index in [9.17, 15) is 9.18 Å². The Balaban J connectivity index is 1.87. The Bertz CT molecular complexity index is 448. The standard InChI is InChI=1S/C13H17FN2O3/c1-18-12-3-2-10(14)6-9(12)8-19-13(17)16-11-4-5-15-7-11/h2-3,6,11,15H,4-5,7-8H2,1H3,(H,16,17). The number of ether oxygens (including phenoxy) is 2. The predicted molar refractivity (Wildman–Crippen MR) is 67.5 cm³/mol. The molecule has 1 aromatic rings. The number of hydrogen-bond donors (Lipinski definition) is 2. The van der Waals surface area contributed by atoms with Crippen LogP contribution in [0.3, 0.4) is 0 Å². The molecule has 1 unspecified atom stereocenters. The SMILES string of the molecule is COc1ccc(F)cc1COC(=O)NC1CCNC1. The topological polar surface area (TPSA) is 59.6 Å². The van der Waals surface area contributed by atoms with Crippen LogP contribution in [0.1, 0.15) is 12.0 Å². The zero-order chi connectivity index (χ0) is 13.7. The molecule has 5 nitrogen and oxygen atoms in total. The van der Waals surface area contributed by atoms with Gasteiger partial charge >= 0.3 is 6.09 Å². The van der Waals surface area contributed by atoms with Crippen molar-refractivity contribution in [1.82, 2.24) is 10.6 Å². The van der Waals surface area contributed by atoms with Gasteiger partial charge in [0.2, 0.25) is 0 Å². The third kappa shape index (κ3) is 3.82. The monoisotopic (exact) mass is 268 g/mol. The lowest BCUT2D eigenvalue weighted by atomic mass is 10.2. The number of methoxy groups -OCH3 is 1. The number of carbonyl (C=O) groups is 1. The van der Waals surface area contributed by atoms with Crippen molar-refractivity contribution in [2.45, 2.75) is 19.1 Å². The highest BCUT2D eigenvalue weighted by atomic mass is 19.1. The number of hydrogen-bond acceptors (Lipinski definition) is 4. The molecule has 0 aliphatic carbocycles. The molecule has 1 fully saturated rings. The Morgan fingerprint density at radius 2 is 2.42 bits per heavy atom. The maximum Gasteiger partial charge on any atom is 0.407 e. The first kappa shape index (κ1) is 13.6. The van der Waals surface area contributed by atoms with E-state index in [1.54, 1.807) is 0 Å². The van der Waals surface area contributed by atoms with Gasteiger partial charge in [0.1, 0.15) is 18.2 Å². The van der Waals surface area contributed by atoms with E-state index < -0.39 is 6.09 Å². The molecule has 0 bridgehead atoms. The smallest absolute Gasteiger partial charge is 0.407 e. The van der Waals surface area contributed by atoms with Gasteiger partial charge in [0.05, 0.1) is 7.11 Å². The third-order valence-corrected chi connectivity index (χ3v) is 2.98. The maximum absolute atomic E-state index is 13.1. The van der Waals surface area contributed by atoms with Crippen molar-refractivity contribution in [2.24, 2.45) is 0 Å². The minimum atomic E-state index is -0.500. The van der Waals surface area contributed by atoms with Crippen molar-refractivity contribution < 1.29 is 18.7 Å². The van der Waals surface area contributed by atoms with Crippen LogP contribution in [-0.4, -0.2) is 32.3 Å². The lowest BCUT2D eigenvalue weighted by molar-refractivity contribution is 0.135. The molecule has 1 aliphatic heterocycles. The van der Waals surface area contributed by atoms with Gasteiger partial charge in [-0.3, -0.25) is 0 Å². The molecule has 0 saturated carbocycles. The van der Waals surface area contributed by atoms with Crippen molar-refractivity contribution in [2.75, 3.05) is 20.2 Å². The van der Waals surface area contributed by atoms with Crippen molar-refractivity contribution in [1.29, 1.82) is 0 Å². The molecule has 1 aliphatic rings. The molecule has 1 saturated heterocycles. The number of alkyl carbamates (subject to hydrolysis) is 1. The first-order valence-electron chi connectivity index (χ1n) is 6.15. The molecule has 0 aromatic heterocycles. The summed E-state index contributed by atoms with van der Waals surface area (Å²) in [5.41, 5.74) is 0.502. The Morgan fingerprint density at radius 3 is 3.11 bits per heavy atom. The minimum absolute atomic E-state index is 0.0209. The summed E-state index contributed by atoms with van der Waals surface area (Å²) in [7, 11) is 1.49. The second-order valence-corrected chi connectivity index (χ2v) is 4.37. The fraction of sp³-hybridized carbons (Fsp3) is 0.462. The molecule has 1 aromatic carbocycles. The van der Waals surface area contributed by atoms with Gasteiger partial charge in [-0.25, -0.2) is 9.18 Å². The molecule has 2 N–H and O–H groups in total. The van der Waals surface area contributed by atoms with E-state index in [4.69, 9.17) is 9.47 Å². The number of halogens is 1. The van der Waals surface area contributed by atoms with Crippen LogP contribution >= 0.6 is 0 Å². The Labute approximate surface area is 111 Å². The molecule has 6 heteroatoms. The maximum atomic E-state index is 13.1. The number of nitrogens with one attached hydrogen (secondary N) is 2. The van der Waals surface area contributed by atoms with Gasteiger partial charge < -0.3 is 20.1 Å². The van der Waals surface area contributed by atoms with Crippen LogP contribution in [0, 0.1) is 5.82 Å². The average Bonchev–Trinajstić information content (AvgIpc) is 2.89. The summed E-state index contributed by atoms with van der Waals surface area (Å²) in [4.78, 5) is 11.6. The number of rotatable bonds is 4. The highest BCUT2D eigenvalue weighted by Crippen LogP contribution is 2.20. The molecule has 1 heterocycles. The highest BCUT2D eigenvalue weighted by Gasteiger charge is 2.17. The van der Waals surface area contributed by atoms with Crippen LogP contribution in [0.15, 0.2) is 18.2 Å². The van der Waals surface area contributed by atoms with E-state index in [0.717, 1.165) is 19.5 Å². The van der Waals surface area contributed by atoms with Crippen LogP contribution in [0.5, 0.6) is 5.75 Å². The normalized spacial score (nSPS) is 18.1. The summed E-state index contributed by atoms with van der Waals surface area (Å²) in [6.45, 7) is 1.62. The summed E-state index contributed by atoms with van der Waals surface area (Å²) in [6.07, 6.45) is 0.387. The molecule has 0 radical (unpaired) electrons. The molecule has 2 rings (SSSR count). The number of carbonyl (C=O) groups excluding carboxylic acids is 1. The summed E-state index contributed by atoms with van der Waals surface area (Å²) < 4.78 is 23.3. The van der Waals surface area contributed by atoms with E-state index >= 15 is 0 Å². The summed E-state index contributed by atoms with van der Waals surface area (Å²) in [5.74, 6) is 0.108. The fourth-order valence-corrected chi connectivity index (χ4v) is 1.99. The highest BCUT2D eigenvalue weighted by molar-refractivity contribution is 5.67. The van der Waals surface area contributed by atoms with E-state index in [-0.39, 0.29) is 18.5 Å². The second kappa shape index (κ2) is 6.38. The van der Waals surface area contributed by atoms with E-state index in [0.29, 0.717) is 11.3 Å². The first-order chi connectivity index (χ1) is 9.19. The van der Waals surface area contributed by atoms with Crippen molar-refractivity contribution in [3.63, 3.8) is 0 Å². The lowest BCUT2D eigenvalue weighted by Crippen LogP contribution is -2.36. The van der Waals surface area contributed by atoms with Crippen molar-refractivity contribution >= 4 is 6.09 Å². The van der Waals surface area contributed by atoms with Gasteiger partial charge in [0.15, 0.2) is 0 Å². The number of benzene rings is 1. The Morgan fingerprint density at radius 1 is 1.58 bits per heavy atom. The van der Waals surface area contributed by atoms with Gasteiger partial charge in [-0.05, 0) is 31.2 Å². The lowest BCUT2D eigenvalue weighted by Gasteiger charge is -2.13. The van der Waals surface area contributed by atoms with Crippen LogP contribution in [0.25, 0.3) is 0 Å². The summed E-state index contributed by atoms with van der Waals surface area (Å²) in [6, 6.07) is 4.20. The van der Waals surface area contributed by atoms with Crippen LogP contribution < -0.4 is 15.4 Å². The first-order valence-corrected chi connectivity index (χ1v) is 6.15. The van der Waals surface area contributed by atoms with Crippen LogP contribution in [-0.2, 0) is 11.3 Å². The van der Waals surface area contributed by atoms with Crippen molar-refractivity contribution in [3.05, 3.63) is 29.6 Å². The predicted octanol–water partition coefficient (Wildman–Crippen LogP) is 1.42. The second-order valence-electron chi connectivity index (χ2n) is 4.37. The quantitative estimate of drug-likeness (QED) is 0.867. The largest absolute Gasteiger partial charge is 0.496 e. The number of amides is 1. The zero-order valence-electron chi connectivity index (χ0n) is 10.7. The van der Waals surface area contributed by atoms with Crippen LogP contribution in [0.2, 0.25) is 0 Å². The van der Waals surface area contributed by atoms with E-state index in [1.165, 1.54) is 25.3 Å². The molecule has 1 atom stereocenters. The molecule has 104 valence electrons. The minimum Gasteiger partial charge on any atom is -0.496 e. The van der Waals surface area contributed by atoms with Gasteiger partial charge in [-0.15, -0.1) is 0 Å². The van der Waals surface area contributed by atoms with Gasteiger partial charge in [0, 0.05) is 18.2 Å². The summed E-state index contributed by atoms with van der Waals surface area (Å²) >= 11 is 0. The Hall–Kier alpha value is -1.82. The van der Waals surface area contributed by atoms with Gasteiger partial charge in [-0.1, -0.05) is 0 Å². The fourth-order valence-electron chi connectivity index (χ4n) is 1.99. The van der Waals surface area contributed by atoms with Crippen molar-refractivity contribution in [3.8, 4) is 5.75 Å². The molecule has 19 heavy (non-hydrogen) atoms. The average molecular weight is 268 g/mol. The molecule has 0 spiro atoms. The van der Waals surface area contributed by atoms with E-state index in [2.05, 4.69) is 10.6 Å². The van der Waals surface area contributed by atoms with Gasteiger partial charge in [-0.2, -0.15) is 0 Å². The third-order valence-electron chi connectivity index (χ3n) is 2.98. The van der Waals surface area contributed by atoms with E-state index in [1.807, 2.05) is 0 Å². The molecular formula is C13H17FN2O3. The van der Waals surface area contributed by atoms with Gasteiger partial charge in [0.25, 0.3) is 0 Å². The molecule has 1 amide bonds. The zero-order valence-corrected chi connectivity index (χ0v) is 10.7. The Kier molecular flexibility index (Phi) is 4.57. The molecular weight excluding hydrogens is 251 g/mol. The summed E-state index contributed by atoms with van der Waals surface area (Å²) in [5, 5.41) is 5.88. The van der Waals surface area contributed by atoms with Crippen LogP contribution in [0.4, 0.5) is 9.18 Å².